The summed E-state index contributed by atoms with van der Waals surface area (Å²) in [5.41, 5.74) is -2.38. The average Bonchev–Trinajstić information content (AvgIpc) is 2.48. The Hall–Kier alpha value is -2.16. The van der Waals surface area contributed by atoms with Gasteiger partial charge in [0.15, 0.2) is 5.78 Å². The van der Waals surface area contributed by atoms with Gasteiger partial charge in [-0.15, -0.1) is 0 Å². The normalized spacial score (nSPS) is 14.4. The molecule has 0 bridgehead atoms. The first-order valence-electron chi connectivity index (χ1n) is 6.46. The zero-order chi connectivity index (χ0) is 17.8. The molecule has 0 spiro atoms. The Bertz CT molecular complexity index is 474. The van der Waals surface area contributed by atoms with Crippen molar-refractivity contribution in [3.63, 3.8) is 0 Å². The maximum atomic E-state index is 12.2. The van der Waals surface area contributed by atoms with Crippen LogP contribution in [0.3, 0.4) is 0 Å². The fourth-order valence-electron chi connectivity index (χ4n) is 1.67. The Kier molecular flexibility index (Phi) is 6.50. The molecule has 9 heteroatoms. The van der Waals surface area contributed by atoms with Crippen molar-refractivity contribution in [3.8, 4) is 0 Å². The second-order valence-corrected chi connectivity index (χ2v) is 5.23. The van der Waals surface area contributed by atoms with E-state index in [4.69, 9.17) is 0 Å². The van der Waals surface area contributed by atoms with E-state index in [0.29, 0.717) is 0 Å². The van der Waals surface area contributed by atoms with Crippen molar-refractivity contribution in [2.75, 3.05) is 35.3 Å². The van der Waals surface area contributed by atoms with Gasteiger partial charge in [-0.1, -0.05) is 0 Å². The molecule has 0 aromatic rings. The van der Waals surface area contributed by atoms with E-state index in [1.807, 2.05) is 0 Å². The number of esters is 1. The lowest BCUT2D eigenvalue weighted by atomic mass is 9.95. The van der Waals surface area contributed by atoms with E-state index in [0.717, 1.165) is 23.8 Å². The minimum absolute atomic E-state index is 0.573. The molecule has 22 heavy (non-hydrogen) atoms. The minimum atomic E-state index is -2.38. The number of ketones is 1. The zero-order valence-electron chi connectivity index (χ0n) is 13.9. The van der Waals surface area contributed by atoms with Gasteiger partial charge in [0.25, 0.3) is 0 Å². The van der Waals surface area contributed by atoms with Crippen LogP contribution in [-0.4, -0.2) is 90.6 Å². The number of ether oxygens (including phenoxy) is 1. The summed E-state index contributed by atoms with van der Waals surface area (Å²) in [6, 6.07) is -2.46. The molecule has 126 valence electrons. The highest BCUT2D eigenvalue weighted by Crippen LogP contribution is 2.14. The van der Waals surface area contributed by atoms with E-state index in [1.165, 1.54) is 40.0 Å². The summed E-state index contributed by atoms with van der Waals surface area (Å²) >= 11 is 0. The van der Waals surface area contributed by atoms with Crippen LogP contribution in [0, 0.1) is 0 Å². The average molecular weight is 317 g/mol. The van der Waals surface area contributed by atoms with Crippen LogP contribution in [0.5, 0.6) is 0 Å². The summed E-state index contributed by atoms with van der Waals surface area (Å²) in [7, 11) is 6.53. The summed E-state index contributed by atoms with van der Waals surface area (Å²) in [6.45, 7) is 2.33. The van der Waals surface area contributed by atoms with Gasteiger partial charge in [-0.25, -0.2) is 19.3 Å². The number of hydrogen-bond donors (Lipinski definition) is 1. The molecule has 0 saturated heterocycles. The van der Waals surface area contributed by atoms with E-state index < -0.39 is 35.5 Å². The molecular weight excluding hydrogens is 294 g/mol. The third kappa shape index (κ3) is 3.94. The fraction of sp³-hybridized carbons (Fsp3) is 0.692. The molecule has 0 aromatic heterocycles. The second-order valence-electron chi connectivity index (χ2n) is 5.23. The van der Waals surface area contributed by atoms with Crippen molar-refractivity contribution in [1.29, 1.82) is 0 Å². The van der Waals surface area contributed by atoms with Crippen molar-refractivity contribution in [1.82, 2.24) is 14.7 Å². The Morgan fingerprint density at radius 1 is 1.05 bits per heavy atom. The van der Waals surface area contributed by atoms with E-state index in [9.17, 15) is 24.3 Å². The predicted octanol–water partition coefficient (Wildman–Crippen LogP) is -0.467. The molecule has 4 amide bonds. The number of carbonyl (C=O) groups excluding carboxylic acids is 4. The third-order valence-electron chi connectivity index (χ3n) is 3.28. The van der Waals surface area contributed by atoms with Gasteiger partial charge in [0, 0.05) is 28.2 Å². The summed E-state index contributed by atoms with van der Waals surface area (Å²) in [5.74, 6) is -2.04. The number of nitrogens with zero attached hydrogens (tertiary/aromatic N) is 3. The van der Waals surface area contributed by atoms with Crippen molar-refractivity contribution in [2.24, 2.45) is 0 Å². The van der Waals surface area contributed by atoms with Crippen LogP contribution in [-0.2, 0) is 14.3 Å². The van der Waals surface area contributed by atoms with Crippen LogP contribution < -0.4 is 0 Å². The molecule has 1 N–H and O–H groups in total. The summed E-state index contributed by atoms with van der Waals surface area (Å²) in [6.07, 6.45) is 0. The van der Waals surface area contributed by atoms with Gasteiger partial charge in [0.2, 0.25) is 5.60 Å². The van der Waals surface area contributed by atoms with E-state index in [-0.39, 0.29) is 0 Å². The molecule has 2 atom stereocenters. The first kappa shape index (κ1) is 19.8. The number of aliphatic hydroxyl groups is 1. The highest BCUT2D eigenvalue weighted by Gasteiger charge is 2.44. The van der Waals surface area contributed by atoms with E-state index in [1.54, 1.807) is 0 Å². The fourth-order valence-corrected chi connectivity index (χ4v) is 1.67. The van der Waals surface area contributed by atoms with Crippen LogP contribution in [0.4, 0.5) is 9.59 Å². The van der Waals surface area contributed by atoms with E-state index >= 15 is 0 Å². The molecule has 0 radical (unpaired) electrons. The van der Waals surface area contributed by atoms with Gasteiger partial charge in [0.1, 0.15) is 0 Å². The van der Waals surface area contributed by atoms with Crippen molar-refractivity contribution in [2.45, 2.75) is 25.5 Å². The second kappa shape index (κ2) is 7.21. The molecule has 0 fully saturated rings. The van der Waals surface area contributed by atoms with Crippen molar-refractivity contribution in [3.05, 3.63) is 0 Å². The van der Waals surface area contributed by atoms with Gasteiger partial charge in [-0.05, 0) is 13.8 Å². The minimum Gasteiger partial charge on any atom is -0.467 e. The lowest BCUT2D eigenvalue weighted by Gasteiger charge is -2.31. The highest BCUT2D eigenvalue weighted by molar-refractivity contribution is 6.09. The lowest BCUT2D eigenvalue weighted by molar-refractivity contribution is -0.167. The Morgan fingerprint density at radius 2 is 1.50 bits per heavy atom. The summed E-state index contributed by atoms with van der Waals surface area (Å²) < 4.78 is 4.36. The van der Waals surface area contributed by atoms with Gasteiger partial charge in [-0.3, -0.25) is 4.79 Å². The number of carbonyl (C=O) groups is 4. The van der Waals surface area contributed by atoms with Crippen LogP contribution in [0.1, 0.15) is 13.8 Å². The Labute approximate surface area is 129 Å². The number of urea groups is 2. The largest absolute Gasteiger partial charge is 0.467 e. The molecule has 0 heterocycles. The molecule has 0 aliphatic carbocycles. The smallest absolute Gasteiger partial charge is 0.345 e. The number of rotatable bonds is 4. The quantitative estimate of drug-likeness (QED) is 0.555. The molecule has 0 aliphatic heterocycles. The van der Waals surface area contributed by atoms with Crippen LogP contribution in [0.2, 0.25) is 0 Å². The van der Waals surface area contributed by atoms with Crippen molar-refractivity contribution < 1.29 is 29.0 Å². The Morgan fingerprint density at radius 3 is 1.86 bits per heavy atom. The first-order valence-corrected chi connectivity index (χ1v) is 6.46. The number of likely N-dealkylation sites (N-methyl/N-ethyl adjacent to an activating group) is 1. The maximum absolute atomic E-state index is 12.2. The molecule has 9 nitrogen and oxygen atoms in total. The van der Waals surface area contributed by atoms with Gasteiger partial charge >= 0.3 is 18.0 Å². The van der Waals surface area contributed by atoms with Crippen LogP contribution in [0.25, 0.3) is 0 Å². The highest BCUT2D eigenvalue weighted by atomic mass is 16.5. The topological polar surface area (TPSA) is 107 Å². The van der Waals surface area contributed by atoms with E-state index in [2.05, 4.69) is 4.74 Å². The molecule has 0 aliphatic rings. The van der Waals surface area contributed by atoms with Crippen molar-refractivity contribution >= 4 is 23.8 Å². The number of imide groups is 1. The Balaban J connectivity index is 5.18. The number of hydrogen-bond acceptors (Lipinski definition) is 6. The van der Waals surface area contributed by atoms with Crippen LogP contribution in [0.15, 0.2) is 0 Å². The predicted molar refractivity (Wildman–Crippen MR) is 77.1 cm³/mol. The molecule has 0 rings (SSSR count). The number of methoxy groups -OCH3 is 1. The number of amides is 4. The maximum Gasteiger partial charge on any atom is 0.345 e. The first-order chi connectivity index (χ1) is 9.89. The summed E-state index contributed by atoms with van der Waals surface area (Å²) in [4.78, 5) is 50.5. The summed E-state index contributed by atoms with van der Waals surface area (Å²) in [5, 5.41) is 9.94. The third-order valence-corrected chi connectivity index (χ3v) is 3.28. The van der Waals surface area contributed by atoms with Gasteiger partial charge < -0.3 is 19.6 Å². The molecule has 1 unspecified atom stereocenters. The standard InChI is InChI=1S/C13H23N3O6/c1-8(9(17)13(2,21)10(18)22-7)15(5)12(20)16(6)11(19)14(3)4/h8,21H,1-7H3/t8-,13?/m0/s1. The zero-order valence-corrected chi connectivity index (χ0v) is 13.9. The van der Waals surface area contributed by atoms with Gasteiger partial charge in [-0.2, -0.15) is 0 Å². The molecular formula is C13H23N3O6. The number of Topliss-reactive ketones (excluding diaryl/α,β-unsaturated/α-hetero) is 1. The molecule has 0 aromatic carbocycles. The van der Waals surface area contributed by atoms with Crippen LogP contribution >= 0.6 is 0 Å². The SMILES string of the molecule is COC(=O)C(C)(O)C(=O)[C@H](C)N(C)C(=O)N(C)C(=O)N(C)C. The van der Waals surface area contributed by atoms with Gasteiger partial charge in [0.05, 0.1) is 13.2 Å². The lowest BCUT2D eigenvalue weighted by Crippen LogP contribution is -2.56. The monoisotopic (exact) mass is 317 g/mol. The molecule has 0 saturated carbocycles.